The molecule has 1 N–H and O–H groups in total. The van der Waals surface area contributed by atoms with E-state index >= 15 is 0 Å². The van der Waals surface area contributed by atoms with Crippen molar-refractivity contribution < 1.29 is 4.74 Å². The summed E-state index contributed by atoms with van der Waals surface area (Å²) < 4.78 is 5.63. The van der Waals surface area contributed by atoms with Crippen molar-refractivity contribution in [2.24, 2.45) is 5.41 Å². The van der Waals surface area contributed by atoms with E-state index in [1.54, 1.807) is 7.11 Å². The van der Waals surface area contributed by atoms with Gasteiger partial charge in [-0.05, 0) is 67.3 Å². The first-order valence-electron chi connectivity index (χ1n) is 10.9. The van der Waals surface area contributed by atoms with E-state index in [1.165, 1.54) is 76.1 Å². The van der Waals surface area contributed by atoms with Gasteiger partial charge >= 0.3 is 0 Å². The van der Waals surface area contributed by atoms with Crippen molar-refractivity contribution in [3.8, 4) is 5.75 Å². The van der Waals surface area contributed by atoms with Gasteiger partial charge < -0.3 is 10.1 Å². The quantitative estimate of drug-likeness (QED) is 0.858. The summed E-state index contributed by atoms with van der Waals surface area (Å²) >= 11 is 0. The number of piperidine rings is 1. The van der Waals surface area contributed by atoms with Crippen LogP contribution in [0.4, 0.5) is 0 Å². The van der Waals surface area contributed by atoms with Gasteiger partial charge in [0.05, 0.1) is 7.11 Å². The molecule has 0 amide bonds. The molecule has 27 heavy (non-hydrogen) atoms. The highest BCUT2D eigenvalue weighted by Crippen LogP contribution is 2.49. The van der Waals surface area contributed by atoms with Crippen LogP contribution in [0.3, 0.4) is 0 Å². The molecule has 1 saturated carbocycles. The van der Waals surface area contributed by atoms with Crippen molar-refractivity contribution in [1.82, 2.24) is 15.1 Å². The Balaban J connectivity index is 1.26. The molecular formula is C23H37N3O. The molecule has 1 aromatic carbocycles. The average Bonchev–Trinajstić information content (AvgIpc) is 2.67. The van der Waals surface area contributed by atoms with Crippen LogP contribution in [0.25, 0.3) is 0 Å². The Morgan fingerprint density at radius 3 is 2.44 bits per heavy atom. The molecule has 0 radical (unpaired) electrons. The van der Waals surface area contributed by atoms with Gasteiger partial charge in [-0.3, -0.25) is 9.80 Å². The zero-order valence-corrected chi connectivity index (χ0v) is 17.5. The Hall–Kier alpha value is -1.10. The number of piperazine rings is 1. The molecule has 1 aromatic rings. The molecule has 0 unspecified atom stereocenters. The van der Waals surface area contributed by atoms with Gasteiger partial charge in [0, 0.05) is 38.8 Å². The normalized spacial score (nSPS) is 24.3. The lowest BCUT2D eigenvalue weighted by molar-refractivity contribution is -0.0386. The number of nitrogens with one attached hydrogen (secondary N) is 1. The highest BCUT2D eigenvalue weighted by molar-refractivity contribution is 5.39. The number of nitrogens with zero attached hydrogens (tertiary/aromatic N) is 2. The second-order valence-electron chi connectivity index (χ2n) is 9.36. The van der Waals surface area contributed by atoms with Crippen LogP contribution in [0, 0.1) is 5.41 Å². The molecule has 3 aliphatic rings. The summed E-state index contributed by atoms with van der Waals surface area (Å²) in [6, 6.07) is 7.64. The van der Waals surface area contributed by atoms with Gasteiger partial charge in [0.1, 0.15) is 5.75 Å². The molecular weight excluding hydrogens is 334 g/mol. The molecule has 0 bridgehead atoms. The fraction of sp³-hybridized carbons (Fsp3) is 0.739. The summed E-state index contributed by atoms with van der Waals surface area (Å²) in [6.07, 6.45) is 5.69. The minimum atomic E-state index is 0.503. The lowest BCUT2D eigenvalue weighted by atomic mass is 9.60. The van der Waals surface area contributed by atoms with Gasteiger partial charge in [0.25, 0.3) is 0 Å². The van der Waals surface area contributed by atoms with Gasteiger partial charge in [-0.2, -0.15) is 0 Å². The number of hydrogen-bond donors (Lipinski definition) is 1. The molecule has 4 rings (SSSR count). The SMILES string of the molecule is COc1cc(CN2CCN(C3CC4(CCNCC4)C3)CC2)ccc1C(C)C. The molecule has 4 heteroatoms. The average molecular weight is 372 g/mol. The second-order valence-corrected chi connectivity index (χ2v) is 9.36. The first kappa shape index (κ1) is 19.2. The number of ether oxygens (including phenoxy) is 1. The summed E-state index contributed by atoms with van der Waals surface area (Å²) in [7, 11) is 1.79. The van der Waals surface area contributed by atoms with E-state index in [9.17, 15) is 0 Å². The van der Waals surface area contributed by atoms with Crippen molar-refractivity contribution in [2.45, 2.75) is 58.0 Å². The minimum absolute atomic E-state index is 0.503. The van der Waals surface area contributed by atoms with Gasteiger partial charge in [-0.1, -0.05) is 26.0 Å². The molecule has 1 spiro atoms. The topological polar surface area (TPSA) is 27.7 Å². The third kappa shape index (κ3) is 4.18. The highest BCUT2D eigenvalue weighted by Gasteiger charge is 2.46. The highest BCUT2D eigenvalue weighted by atomic mass is 16.5. The third-order valence-electron chi connectivity index (χ3n) is 7.25. The third-order valence-corrected chi connectivity index (χ3v) is 7.25. The molecule has 4 nitrogen and oxygen atoms in total. The summed E-state index contributed by atoms with van der Waals surface area (Å²) in [5.41, 5.74) is 3.38. The van der Waals surface area contributed by atoms with Gasteiger partial charge in [0.15, 0.2) is 0 Å². The minimum Gasteiger partial charge on any atom is -0.496 e. The molecule has 150 valence electrons. The van der Waals surface area contributed by atoms with Gasteiger partial charge in [-0.15, -0.1) is 0 Å². The monoisotopic (exact) mass is 371 g/mol. The van der Waals surface area contributed by atoms with Crippen LogP contribution in [-0.2, 0) is 6.54 Å². The first-order valence-corrected chi connectivity index (χ1v) is 10.9. The van der Waals surface area contributed by atoms with E-state index in [4.69, 9.17) is 4.74 Å². The van der Waals surface area contributed by atoms with Crippen molar-refractivity contribution in [3.63, 3.8) is 0 Å². The zero-order valence-electron chi connectivity index (χ0n) is 17.5. The Bertz CT molecular complexity index is 623. The van der Waals surface area contributed by atoms with Crippen LogP contribution < -0.4 is 10.1 Å². The smallest absolute Gasteiger partial charge is 0.122 e. The Morgan fingerprint density at radius 2 is 1.81 bits per heavy atom. The van der Waals surface area contributed by atoms with E-state index in [1.807, 2.05) is 0 Å². The maximum absolute atomic E-state index is 5.63. The maximum Gasteiger partial charge on any atom is 0.122 e. The van der Waals surface area contributed by atoms with Crippen LogP contribution in [0.15, 0.2) is 18.2 Å². The summed E-state index contributed by atoms with van der Waals surface area (Å²) in [6.45, 7) is 12.8. The number of methoxy groups -OCH3 is 1. The molecule has 0 atom stereocenters. The van der Waals surface area contributed by atoms with Crippen LogP contribution in [0.1, 0.15) is 56.6 Å². The molecule has 0 aromatic heterocycles. The van der Waals surface area contributed by atoms with Gasteiger partial charge in [0.2, 0.25) is 0 Å². The number of benzene rings is 1. The molecule has 3 fully saturated rings. The summed E-state index contributed by atoms with van der Waals surface area (Å²) in [5.74, 6) is 1.55. The van der Waals surface area contributed by atoms with Gasteiger partial charge in [-0.25, -0.2) is 0 Å². The zero-order chi connectivity index (χ0) is 18.9. The lowest BCUT2D eigenvalue weighted by Gasteiger charge is -2.55. The first-order chi connectivity index (χ1) is 13.1. The van der Waals surface area contributed by atoms with E-state index < -0.39 is 0 Å². The van der Waals surface area contributed by atoms with Crippen molar-refractivity contribution in [1.29, 1.82) is 0 Å². The molecule has 2 heterocycles. The van der Waals surface area contributed by atoms with Crippen LogP contribution in [-0.4, -0.2) is 62.2 Å². The Labute approximate surface area is 165 Å². The Morgan fingerprint density at radius 1 is 1.11 bits per heavy atom. The largest absolute Gasteiger partial charge is 0.496 e. The van der Waals surface area contributed by atoms with E-state index in [-0.39, 0.29) is 0 Å². The number of hydrogen-bond acceptors (Lipinski definition) is 4. The van der Waals surface area contributed by atoms with E-state index in [0.717, 1.165) is 18.3 Å². The summed E-state index contributed by atoms with van der Waals surface area (Å²) in [5, 5.41) is 3.52. The number of rotatable bonds is 5. The molecule has 2 saturated heterocycles. The standard InChI is InChI=1S/C23H37N3O/c1-18(2)21-5-4-19(14-22(21)27-3)17-25-10-12-26(13-11-25)20-15-23(16-20)6-8-24-9-7-23/h4-5,14,18,20,24H,6-13,15-17H2,1-3H3. The van der Waals surface area contributed by atoms with Crippen LogP contribution in [0.5, 0.6) is 5.75 Å². The van der Waals surface area contributed by atoms with E-state index in [0.29, 0.717) is 11.3 Å². The van der Waals surface area contributed by atoms with Crippen molar-refractivity contribution in [3.05, 3.63) is 29.3 Å². The predicted octanol–water partition coefficient (Wildman–Crippen LogP) is 3.47. The van der Waals surface area contributed by atoms with E-state index in [2.05, 4.69) is 47.2 Å². The Kier molecular flexibility index (Phi) is 5.77. The fourth-order valence-electron chi connectivity index (χ4n) is 5.44. The summed E-state index contributed by atoms with van der Waals surface area (Å²) in [4.78, 5) is 5.38. The lowest BCUT2D eigenvalue weighted by Crippen LogP contribution is -2.58. The van der Waals surface area contributed by atoms with Crippen molar-refractivity contribution >= 4 is 0 Å². The van der Waals surface area contributed by atoms with Crippen molar-refractivity contribution in [2.75, 3.05) is 46.4 Å². The predicted molar refractivity (Wildman–Crippen MR) is 111 cm³/mol. The molecule has 2 aliphatic heterocycles. The second kappa shape index (κ2) is 8.10. The van der Waals surface area contributed by atoms with Crippen LogP contribution in [0.2, 0.25) is 0 Å². The molecule has 1 aliphatic carbocycles. The van der Waals surface area contributed by atoms with Crippen LogP contribution >= 0.6 is 0 Å². The fourth-order valence-corrected chi connectivity index (χ4v) is 5.44. The maximum atomic E-state index is 5.63.